The average Bonchev–Trinajstić information content (AvgIpc) is 2.96. The van der Waals surface area contributed by atoms with Gasteiger partial charge < -0.3 is 9.88 Å². The van der Waals surface area contributed by atoms with Crippen LogP contribution in [0, 0.1) is 18.6 Å². The minimum absolute atomic E-state index is 0.00999. The van der Waals surface area contributed by atoms with Crippen molar-refractivity contribution in [3.05, 3.63) is 71.6 Å². The molecule has 0 bridgehead atoms. The zero-order valence-electron chi connectivity index (χ0n) is 13.5. The number of hydrogen-bond donors (Lipinski definition) is 1. The lowest BCUT2D eigenvalue weighted by molar-refractivity contribution is -0.141. The van der Waals surface area contributed by atoms with Crippen LogP contribution >= 0.6 is 0 Å². The summed E-state index contributed by atoms with van der Waals surface area (Å²) < 4.78 is 67.1. The molecule has 9 heteroatoms. The number of alkyl halides is 3. The molecule has 2 aromatic heterocycles. The van der Waals surface area contributed by atoms with Crippen molar-refractivity contribution in [3.8, 4) is 5.69 Å². The highest BCUT2D eigenvalue weighted by Crippen LogP contribution is 2.30. The van der Waals surface area contributed by atoms with Crippen LogP contribution in [0.15, 0.2) is 42.9 Å². The van der Waals surface area contributed by atoms with Crippen molar-refractivity contribution in [3.63, 3.8) is 0 Å². The van der Waals surface area contributed by atoms with Crippen LogP contribution in [0.3, 0.4) is 0 Å². The monoisotopic (exact) mass is 368 g/mol. The predicted molar refractivity (Wildman–Crippen MR) is 84.8 cm³/mol. The Kier molecular flexibility index (Phi) is 4.62. The number of anilines is 1. The summed E-state index contributed by atoms with van der Waals surface area (Å²) in [6.07, 6.45) is -1.36. The smallest absolute Gasteiger partial charge is 0.381 e. The van der Waals surface area contributed by atoms with Gasteiger partial charge in [0.15, 0.2) is 5.69 Å². The zero-order valence-corrected chi connectivity index (χ0v) is 13.5. The topological polar surface area (TPSA) is 42.7 Å². The van der Waals surface area contributed by atoms with E-state index in [-0.39, 0.29) is 18.1 Å². The lowest BCUT2D eigenvalue weighted by atomic mass is 10.2. The zero-order chi connectivity index (χ0) is 18.9. The SMILES string of the molecule is Cc1nc(C(F)(F)F)cn1-c1ccc(NCc2ccncc2F)cc1F. The molecule has 0 saturated carbocycles. The lowest BCUT2D eigenvalue weighted by Gasteiger charge is -2.11. The molecule has 0 amide bonds. The van der Waals surface area contributed by atoms with Crippen molar-refractivity contribution in [2.45, 2.75) is 19.6 Å². The molecule has 0 unspecified atom stereocenters. The highest BCUT2D eigenvalue weighted by molar-refractivity contribution is 5.50. The molecule has 2 heterocycles. The van der Waals surface area contributed by atoms with Gasteiger partial charge in [0.2, 0.25) is 0 Å². The maximum absolute atomic E-state index is 14.4. The Bertz CT molecular complexity index is 933. The third-order valence-electron chi connectivity index (χ3n) is 3.72. The molecule has 3 rings (SSSR count). The summed E-state index contributed by atoms with van der Waals surface area (Å²) in [5.41, 5.74) is -0.447. The maximum Gasteiger partial charge on any atom is 0.434 e. The number of nitrogens with zero attached hydrogens (tertiary/aromatic N) is 3. The molecule has 0 aliphatic rings. The van der Waals surface area contributed by atoms with E-state index in [4.69, 9.17) is 0 Å². The van der Waals surface area contributed by atoms with Gasteiger partial charge in [0, 0.05) is 30.2 Å². The van der Waals surface area contributed by atoms with E-state index in [0.717, 1.165) is 23.0 Å². The minimum Gasteiger partial charge on any atom is -0.381 e. The van der Waals surface area contributed by atoms with Gasteiger partial charge in [-0.2, -0.15) is 13.2 Å². The Morgan fingerprint density at radius 1 is 1.12 bits per heavy atom. The molecule has 3 aromatic rings. The molecule has 1 N–H and O–H groups in total. The first-order valence-electron chi connectivity index (χ1n) is 7.51. The molecule has 0 saturated heterocycles. The highest BCUT2D eigenvalue weighted by atomic mass is 19.4. The summed E-state index contributed by atoms with van der Waals surface area (Å²) in [5, 5.41) is 2.85. The Morgan fingerprint density at radius 2 is 1.88 bits per heavy atom. The molecule has 0 aliphatic carbocycles. The third kappa shape index (κ3) is 3.66. The second kappa shape index (κ2) is 6.74. The number of rotatable bonds is 4. The number of benzene rings is 1. The predicted octanol–water partition coefficient (Wildman–Crippen LogP) is 4.48. The summed E-state index contributed by atoms with van der Waals surface area (Å²) >= 11 is 0. The Hall–Kier alpha value is -2.97. The summed E-state index contributed by atoms with van der Waals surface area (Å²) in [7, 11) is 0. The quantitative estimate of drug-likeness (QED) is 0.691. The molecule has 0 radical (unpaired) electrons. The van der Waals surface area contributed by atoms with Crippen molar-refractivity contribution >= 4 is 5.69 Å². The number of aryl methyl sites for hydroxylation is 1. The van der Waals surface area contributed by atoms with Crippen LogP contribution in [0.25, 0.3) is 5.69 Å². The van der Waals surface area contributed by atoms with Gasteiger partial charge in [0.25, 0.3) is 0 Å². The molecule has 0 aliphatic heterocycles. The Balaban J connectivity index is 1.82. The van der Waals surface area contributed by atoms with E-state index >= 15 is 0 Å². The average molecular weight is 368 g/mol. The number of halogens is 5. The minimum atomic E-state index is -4.61. The van der Waals surface area contributed by atoms with Crippen molar-refractivity contribution < 1.29 is 22.0 Å². The number of aromatic nitrogens is 3. The number of imidazole rings is 1. The van der Waals surface area contributed by atoms with Crippen LogP contribution < -0.4 is 5.32 Å². The fourth-order valence-corrected chi connectivity index (χ4v) is 2.41. The number of pyridine rings is 1. The number of nitrogens with one attached hydrogen (secondary N) is 1. The Morgan fingerprint density at radius 3 is 2.50 bits per heavy atom. The summed E-state index contributed by atoms with van der Waals surface area (Å²) in [5.74, 6) is -1.22. The first-order valence-corrected chi connectivity index (χ1v) is 7.51. The molecular formula is C17H13F5N4. The van der Waals surface area contributed by atoms with Crippen LogP contribution in [-0.4, -0.2) is 14.5 Å². The first-order chi connectivity index (χ1) is 12.3. The van der Waals surface area contributed by atoms with Crippen LogP contribution in [0.1, 0.15) is 17.1 Å². The maximum atomic E-state index is 14.4. The van der Waals surface area contributed by atoms with Crippen molar-refractivity contribution in [2.24, 2.45) is 0 Å². The van der Waals surface area contributed by atoms with E-state index in [1.807, 2.05) is 0 Å². The van der Waals surface area contributed by atoms with E-state index in [1.54, 1.807) is 0 Å². The molecule has 0 fully saturated rings. The Labute approximate surface area is 145 Å². The van der Waals surface area contributed by atoms with E-state index in [9.17, 15) is 22.0 Å². The largest absolute Gasteiger partial charge is 0.434 e. The summed E-state index contributed by atoms with van der Waals surface area (Å²) in [6, 6.07) is 5.43. The second-order valence-electron chi connectivity index (χ2n) is 5.53. The van der Waals surface area contributed by atoms with E-state index in [1.165, 1.54) is 31.3 Å². The first kappa shape index (κ1) is 17.8. The molecule has 4 nitrogen and oxygen atoms in total. The van der Waals surface area contributed by atoms with Gasteiger partial charge in [-0.15, -0.1) is 0 Å². The van der Waals surface area contributed by atoms with Gasteiger partial charge in [0.05, 0.1) is 11.9 Å². The molecule has 136 valence electrons. The van der Waals surface area contributed by atoms with Gasteiger partial charge in [-0.25, -0.2) is 13.8 Å². The molecule has 0 atom stereocenters. The van der Waals surface area contributed by atoms with E-state index in [2.05, 4.69) is 15.3 Å². The van der Waals surface area contributed by atoms with E-state index < -0.39 is 23.5 Å². The third-order valence-corrected chi connectivity index (χ3v) is 3.72. The fraction of sp³-hybridized carbons (Fsp3) is 0.176. The molecule has 26 heavy (non-hydrogen) atoms. The molecule has 0 spiro atoms. The highest BCUT2D eigenvalue weighted by Gasteiger charge is 2.34. The number of hydrogen-bond acceptors (Lipinski definition) is 3. The van der Waals surface area contributed by atoms with Crippen LogP contribution in [0.2, 0.25) is 0 Å². The van der Waals surface area contributed by atoms with Gasteiger partial charge in [-0.1, -0.05) is 0 Å². The van der Waals surface area contributed by atoms with Crippen LogP contribution in [-0.2, 0) is 12.7 Å². The van der Waals surface area contributed by atoms with Gasteiger partial charge in [0.1, 0.15) is 17.5 Å². The molecular weight excluding hydrogens is 355 g/mol. The van der Waals surface area contributed by atoms with Crippen molar-refractivity contribution in [1.29, 1.82) is 0 Å². The van der Waals surface area contributed by atoms with Crippen molar-refractivity contribution in [1.82, 2.24) is 14.5 Å². The van der Waals surface area contributed by atoms with Gasteiger partial charge >= 0.3 is 6.18 Å². The van der Waals surface area contributed by atoms with Crippen LogP contribution in [0.4, 0.5) is 27.6 Å². The van der Waals surface area contributed by atoms with Gasteiger partial charge in [-0.3, -0.25) is 4.98 Å². The van der Waals surface area contributed by atoms with Gasteiger partial charge in [-0.05, 0) is 31.2 Å². The van der Waals surface area contributed by atoms with Crippen molar-refractivity contribution in [2.75, 3.05) is 5.32 Å². The lowest BCUT2D eigenvalue weighted by Crippen LogP contribution is -2.05. The fourth-order valence-electron chi connectivity index (χ4n) is 2.41. The summed E-state index contributed by atoms with van der Waals surface area (Å²) in [6.45, 7) is 1.46. The summed E-state index contributed by atoms with van der Waals surface area (Å²) in [4.78, 5) is 7.05. The normalized spacial score (nSPS) is 11.6. The second-order valence-corrected chi connectivity index (χ2v) is 5.53. The van der Waals surface area contributed by atoms with E-state index in [0.29, 0.717) is 11.3 Å². The molecule has 1 aromatic carbocycles. The van der Waals surface area contributed by atoms with Crippen LogP contribution in [0.5, 0.6) is 0 Å². The standard InChI is InChI=1S/C17H13F5N4/c1-10-25-16(17(20,21)22)9-26(10)15-3-2-12(6-13(15)18)24-7-11-4-5-23-8-14(11)19/h2-6,8-9,24H,7H2,1H3.